The molecule has 25 heavy (non-hydrogen) atoms. The van der Waals surface area contributed by atoms with E-state index in [1.54, 1.807) is 12.4 Å². The van der Waals surface area contributed by atoms with Crippen molar-refractivity contribution in [3.8, 4) is 11.1 Å². The summed E-state index contributed by atoms with van der Waals surface area (Å²) in [7, 11) is 0. The number of nitrogens with zero attached hydrogens (tertiary/aromatic N) is 2. The van der Waals surface area contributed by atoms with Crippen molar-refractivity contribution < 1.29 is 0 Å². The third-order valence-electron chi connectivity index (χ3n) is 4.60. The van der Waals surface area contributed by atoms with Crippen LogP contribution in [0.1, 0.15) is 0 Å². The van der Waals surface area contributed by atoms with Gasteiger partial charge in [-0.05, 0) is 56.6 Å². The third kappa shape index (κ3) is 2.30. The molecule has 1 aromatic heterocycles. The maximum Gasteiger partial charge on any atom is 0.0982 e. The first-order valence-corrected chi connectivity index (χ1v) is 9.21. The highest BCUT2D eigenvalue weighted by Crippen LogP contribution is 2.37. The van der Waals surface area contributed by atoms with Crippen molar-refractivity contribution in [3.63, 3.8) is 0 Å². The Balaban J connectivity index is 2.01. The number of aromatic nitrogens is 2. The van der Waals surface area contributed by atoms with Crippen LogP contribution in [0.5, 0.6) is 0 Å². The Morgan fingerprint density at radius 3 is 2.08 bits per heavy atom. The van der Waals surface area contributed by atoms with Crippen molar-refractivity contribution in [2.45, 2.75) is 0 Å². The maximum absolute atomic E-state index is 4.66. The van der Waals surface area contributed by atoms with Gasteiger partial charge in [-0.25, -0.2) is 0 Å². The van der Waals surface area contributed by atoms with Crippen LogP contribution in [-0.2, 0) is 0 Å². The van der Waals surface area contributed by atoms with E-state index in [-0.39, 0.29) is 0 Å². The Bertz CT molecular complexity index is 1250. The van der Waals surface area contributed by atoms with E-state index < -0.39 is 0 Å². The highest BCUT2D eigenvalue weighted by Gasteiger charge is 2.14. The number of hydrogen-bond donors (Lipinski definition) is 0. The summed E-state index contributed by atoms with van der Waals surface area (Å²) in [5.74, 6) is 0. The van der Waals surface area contributed by atoms with Crippen LogP contribution in [0.15, 0.2) is 79.1 Å². The lowest BCUT2D eigenvalue weighted by Gasteiger charge is -2.12. The molecule has 4 aromatic carbocycles. The van der Waals surface area contributed by atoms with E-state index in [0.717, 1.165) is 16.4 Å². The van der Waals surface area contributed by atoms with E-state index in [0.29, 0.717) is 0 Å². The van der Waals surface area contributed by atoms with Gasteiger partial charge in [-0.2, -0.15) is 0 Å². The largest absolute Gasteiger partial charge is 0.252 e. The lowest BCUT2D eigenvalue weighted by molar-refractivity contribution is 1.31. The third-order valence-corrected chi connectivity index (χ3v) is 5.46. The minimum absolute atomic E-state index is 0.968. The minimum atomic E-state index is 0.968. The van der Waals surface area contributed by atoms with Crippen LogP contribution in [0.4, 0.5) is 0 Å². The predicted octanol–water partition coefficient (Wildman–Crippen LogP) is 6.21. The zero-order chi connectivity index (χ0) is 16.8. The number of fused-ring (bicyclic) bond motifs is 6. The predicted molar refractivity (Wildman–Crippen MR) is 113 cm³/mol. The van der Waals surface area contributed by atoms with Crippen LogP contribution in [0, 0.1) is 3.57 Å². The molecule has 0 unspecified atom stereocenters. The van der Waals surface area contributed by atoms with Gasteiger partial charge < -0.3 is 0 Å². The van der Waals surface area contributed by atoms with E-state index in [9.17, 15) is 0 Å². The van der Waals surface area contributed by atoms with Gasteiger partial charge in [0.1, 0.15) is 0 Å². The molecule has 0 aliphatic rings. The standard InChI is InChI=1S/C22H13IN2/c23-19-13-15(14-6-2-1-3-7-14)12-18-16-8-4-5-9-17(16)21-22(20(18)19)25-11-10-24-21/h1-13H. The molecule has 5 aromatic rings. The fourth-order valence-corrected chi connectivity index (χ4v) is 4.38. The van der Waals surface area contributed by atoms with Crippen molar-refractivity contribution in [3.05, 3.63) is 82.7 Å². The summed E-state index contributed by atoms with van der Waals surface area (Å²) >= 11 is 2.42. The topological polar surface area (TPSA) is 25.8 Å². The molecule has 0 N–H and O–H groups in total. The molecule has 0 spiro atoms. The first-order chi connectivity index (χ1) is 12.3. The van der Waals surface area contributed by atoms with E-state index >= 15 is 0 Å². The van der Waals surface area contributed by atoms with Crippen LogP contribution in [0.2, 0.25) is 0 Å². The molecule has 0 atom stereocenters. The maximum atomic E-state index is 4.66. The first-order valence-electron chi connectivity index (χ1n) is 8.13. The average molecular weight is 432 g/mol. The highest BCUT2D eigenvalue weighted by atomic mass is 127. The first kappa shape index (κ1) is 14.8. The molecule has 0 saturated heterocycles. The summed E-state index contributed by atoms with van der Waals surface area (Å²) in [4.78, 5) is 9.27. The second-order valence-corrected chi connectivity index (χ2v) is 7.21. The fraction of sp³-hybridized carbons (Fsp3) is 0. The number of halogens is 1. The number of rotatable bonds is 1. The van der Waals surface area contributed by atoms with Gasteiger partial charge in [-0.15, -0.1) is 0 Å². The molecule has 1 heterocycles. The number of hydrogen-bond acceptors (Lipinski definition) is 2. The number of benzene rings is 4. The molecular formula is C22H13IN2. The van der Waals surface area contributed by atoms with Crippen LogP contribution < -0.4 is 0 Å². The van der Waals surface area contributed by atoms with E-state index in [4.69, 9.17) is 0 Å². The van der Waals surface area contributed by atoms with E-state index in [2.05, 4.69) is 93.2 Å². The van der Waals surface area contributed by atoms with Gasteiger partial charge in [0.05, 0.1) is 11.0 Å². The summed E-state index contributed by atoms with van der Waals surface area (Å²) < 4.78 is 1.20. The summed E-state index contributed by atoms with van der Waals surface area (Å²) in [6.45, 7) is 0. The quantitative estimate of drug-likeness (QED) is 0.233. The Labute approximate surface area is 158 Å². The van der Waals surface area contributed by atoms with Crippen molar-refractivity contribution >= 4 is 55.2 Å². The Morgan fingerprint density at radius 2 is 1.28 bits per heavy atom. The smallest absolute Gasteiger partial charge is 0.0982 e. The molecule has 0 saturated carbocycles. The molecule has 0 fully saturated rings. The van der Waals surface area contributed by atoms with Crippen LogP contribution in [0.3, 0.4) is 0 Å². The molecule has 0 aliphatic carbocycles. The van der Waals surface area contributed by atoms with Crippen molar-refractivity contribution in [2.75, 3.05) is 0 Å². The molecule has 5 rings (SSSR count). The SMILES string of the molecule is Ic1cc(-c2ccccc2)cc2c3ccccc3c3nccnc3c12. The zero-order valence-corrected chi connectivity index (χ0v) is 15.4. The lowest BCUT2D eigenvalue weighted by Crippen LogP contribution is -1.91. The van der Waals surface area contributed by atoms with Crippen LogP contribution in [-0.4, -0.2) is 9.97 Å². The molecule has 2 nitrogen and oxygen atoms in total. The molecule has 0 aliphatic heterocycles. The van der Waals surface area contributed by atoms with E-state index in [1.807, 2.05) is 6.07 Å². The minimum Gasteiger partial charge on any atom is -0.252 e. The molecule has 118 valence electrons. The normalized spacial score (nSPS) is 11.4. The van der Waals surface area contributed by atoms with Crippen molar-refractivity contribution in [1.29, 1.82) is 0 Å². The fourth-order valence-electron chi connectivity index (χ4n) is 3.50. The average Bonchev–Trinajstić information content (AvgIpc) is 2.68. The second-order valence-electron chi connectivity index (χ2n) is 6.05. The van der Waals surface area contributed by atoms with Gasteiger partial charge in [0.2, 0.25) is 0 Å². The van der Waals surface area contributed by atoms with Gasteiger partial charge in [0, 0.05) is 26.7 Å². The highest BCUT2D eigenvalue weighted by molar-refractivity contribution is 14.1. The van der Waals surface area contributed by atoms with Gasteiger partial charge in [0.15, 0.2) is 0 Å². The molecule has 0 radical (unpaired) electrons. The summed E-state index contributed by atoms with van der Waals surface area (Å²) in [6.07, 6.45) is 3.55. The second kappa shape index (κ2) is 5.77. The summed E-state index contributed by atoms with van der Waals surface area (Å²) in [6, 6.07) is 23.5. The van der Waals surface area contributed by atoms with Gasteiger partial charge >= 0.3 is 0 Å². The van der Waals surface area contributed by atoms with Gasteiger partial charge in [-0.1, -0.05) is 54.6 Å². The van der Waals surface area contributed by atoms with E-state index in [1.165, 1.54) is 30.9 Å². The molecule has 3 heteroatoms. The summed E-state index contributed by atoms with van der Waals surface area (Å²) in [5.41, 5.74) is 4.40. The molecule has 0 bridgehead atoms. The Hall–Kier alpha value is -2.53. The Kier molecular flexibility index (Phi) is 3.41. The van der Waals surface area contributed by atoms with Crippen molar-refractivity contribution in [1.82, 2.24) is 9.97 Å². The van der Waals surface area contributed by atoms with Crippen molar-refractivity contribution in [2.24, 2.45) is 0 Å². The Morgan fingerprint density at radius 1 is 0.600 bits per heavy atom. The monoisotopic (exact) mass is 432 g/mol. The molecular weight excluding hydrogens is 419 g/mol. The van der Waals surface area contributed by atoms with Crippen LogP contribution >= 0.6 is 22.6 Å². The van der Waals surface area contributed by atoms with Gasteiger partial charge in [0.25, 0.3) is 0 Å². The van der Waals surface area contributed by atoms with Gasteiger partial charge in [-0.3, -0.25) is 9.97 Å². The van der Waals surface area contributed by atoms with Crippen LogP contribution in [0.25, 0.3) is 43.7 Å². The lowest BCUT2D eigenvalue weighted by atomic mass is 9.95. The zero-order valence-electron chi connectivity index (χ0n) is 13.3. The summed E-state index contributed by atoms with van der Waals surface area (Å²) in [5, 5.41) is 4.79. The molecule has 0 amide bonds.